The van der Waals surface area contributed by atoms with Crippen molar-refractivity contribution < 1.29 is 9.53 Å². The van der Waals surface area contributed by atoms with Crippen molar-refractivity contribution >= 4 is 24.7 Å². The Morgan fingerprint density at radius 1 is 1.54 bits per heavy atom. The van der Waals surface area contributed by atoms with Gasteiger partial charge in [0.2, 0.25) is 0 Å². The molecule has 0 unspecified atom stereocenters. The summed E-state index contributed by atoms with van der Waals surface area (Å²) in [4.78, 5) is 11.6. The molecule has 0 saturated heterocycles. The summed E-state index contributed by atoms with van der Waals surface area (Å²) in [6.45, 7) is 0. The highest BCUT2D eigenvalue weighted by Gasteiger charge is 1.91. The Labute approximate surface area is 82.6 Å². The standard InChI is InChI=1S/C10H10O2S/c1-12-10(11)6-5-8-3-2-4-9(13)7-8/h2-7,13H,1H3. The van der Waals surface area contributed by atoms with Crippen LogP contribution in [0.5, 0.6) is 0 Å². The summed E-state index contributed by atoms with van der Waals surface area (Å²) in [5.74, 6) is -0.357. The predicted molar refractivity (Wildman–Crippen MR) is 54.7 cm³/mol. The highest BCUT2D eigenvalue weighted by molar-refractivity contribution is 7.80. The molecule has 3 heteroatoms. The molecule has 0 saturated carbocycles. The lowest BCUT2D eigenvalue weighted by Crippen LogP contribution is -1.93. The lowest BCUT2D eigenvalue weighted by molar-refractivity contribution is -0.134. The molecule has 0 bridgehead atoms. The lowest BCUT2D eigenvalue weighted by Gasteiger charge is -1.94. The highest BCUT2D eigenvalue weighted by Crippen LogP contribution is 2.09. The van der Waals surface area contributed by atoms with Crippen LogP contribution in [0.2, 0.25) is 0 Å². The van der Waals surface area contributed by atoms with Crippen molar-refractivity contribution in [2.45, 2.75) is 4.90 Å². The molecule has 0 radical (unpaired) electrons. The highest BCUT2D eigenvalue weighted by atomic mass is 32.1. The molecule has 68 valence electrons. The number of ether oxygens (including phenoxy) is 1. The first-order chi connectivity index (χ1) is 6.22. The third-order valence-electron chi connectivity index (χ3n) is 1.48. The van der Waals surface area contributed by atoms with Gasteiger partial charge in [-0.3, -0.25) is 0 Å². The van der Waals surface area contributed by atoms with Gasteiger partial charge < -0.3 is 4.74 Å². The molecule has 1 aromatic rings. The van der Waals surface area contributed by atoms with E-state index in [4.69, 9.17) is 0 Å². The first kappa shape index (κ1) is 9.86. The molecule has 0 aliphatic heterocycles. The average molecular weight is 194 g/mol. The van der Waals surface area contributed by atoms with Crippen molar-refractivity contribution in [1.29, 1.82) is 0 Å². The van der Waals surface area contributed by atoms with Crippen molar-refractivity contribution in [3.63, 3.8) is 0 Å². The lowest BCUT2D eigenvalue weighted by atomic mass is 10.2. The first-order valence-corrected chi connectivity index (χ1v) is 4.22. The van der Waals surface area contributed by atoms with E-state index in [1.54, 1.807) is 6.08 Å². The zero-order chi connectivity index (χ0) is 9.68. The monoisotopic (exact) mass is 194 g/mol. The van der Waals surface area contributed by atoms with Crippen molar-refractivity contribution in [2.75, 3.05) is 7.11 Å². The van der Waals surface area contributed by atoms with Gasteiger partial charge in [-0.1, -0.05) is 12.1 Å². The minimum absolute atomic E-state index is 0.357. The second-order valence-corrected chi connectivity index (χ2v) is 2.97. The van der Waals surface area contributed by atoms with Crippen LogP contribution in [0, 0.1) is 0 Å². The normalized spacial score (nSPS) is 10.3. The molecular formula is C10H10O2S. The van der Waals surface area contributed by atoms with Gasteiger partial charge in [0.05, 0.1) is 7.11 Å². The molecule has 0 N–H and O–H groups in total. The zero-order valence-corrected chi connectivity index (χ0v) is 8.12. The number of carbonyl (C=O) groups is 1. The molecule has 0 aromatic heterocycles. The zero-order valence-electron chi connectivity index (χ0n) is 7.23. The van der Waals surface area contributed by atoms with Crippen LogP contribution in [-0.4, -0.2) is 13.1 Å². The van der Waals surface area contributed by atoms with Gasteiger partial charge in [0.15, 0.2) is 0 Å². The van der Waals surface area contributed by atoms with Gasteiger partial charge in [0.1, 0.15) is 0 Å². The number of thiol groups is 1. The molecule has 0 aliphatic rings. The summed E-state index contributed by atoms with van der Waals surface area (Å²) in [5.41, 5.74) is 0.929. The maximum atomic E-state index is 10.7. The van der Waals surface area contributed by atoms with E-state index in [1.807, 2.05) is 24.3 Å². The van der Waals surface area contributed by atoms with Crippen LogP contribution in [0.25, 0.3) is 6.08 Å². The molecule has 0 spiro atoms. The van der Waals surface area contributed by atoms with E-state index < -0.39 is 0 Å². The summed E-state index contributed by atoms with van der Waals surface area (Å²) in [6.07, 6.45) is 3.06. The van der Waals surface area contributed by atoms with Crippen LogP contribution in [-0.2, 0) is 9.53 Å². The van der Waals surface area contributed by atoms with E-state index in [9.17, 15) is 4.79 Å². The number of hydrogen-bond acceptors (Lipinski definition) is 3. The van der Waals surface area contributed by atoms with Gasteiger partial charge in [0, 0.05) is 11.0 Å². The molecule has 1 rings (SSSR count). The number of rotatable bonds is 2. The van der Waals surface area contributed by atoms with E-state index in [1.165, 1.54) is 13.2 Å². The molecule has 0 fully saturated rings. The van der Waals surface area contributed by atoms with E-state index >= 15 is 0 Å². The Hall–Kier alpha value is -1.22. The van der Waals surface area contributed by atoms with Crippen LogP contribution < -0.4 is 0 Å². The summed E-state index contributed by atoms with van der Waals surface area (Å²) >= 11 is 4.17. The van der Waals surface area contributed by atoms with Gasteiger partial charge in [-0.25, -0.2) is 4.79 Å². The smallest absolute Gasteiger partial charge is 0.330 e. The third-order valence-corrected chi connectivity index (χ3v) is 1.76. The molecule has 0 amide bonds. The summed E-state index contributed by atoms with van der Waals surface area (Å²) in [7, 11) is 1.35. The Balaban J connectivity index is 2.74. The quantitative estimate of drug-likeness (QED) is 0.443. The fourth-order valence-electron chi connectivity index (χ4n) is 0.861. The van der Waals surface area contributed by atoms with Crippen molar-refractivity contribution in [3.8, 4) is 0 Å². The fraction of sp³-hybridized carbons (Fsp3) is 0.100. The Morgan fingerprint density at radius 3 is 2.92 bits per heavy atom. The first-order valence-electron chi connectivity index (χ1n) is 3.77. The molecule has 13 heavy (non-hydrogen) atoms. The Kier molecular flexibility index (Phi) is 3.58. The van der Waals surface area contributed by atoms with E-state index in [0.29, 0.717) is 0 Å². The summed E-state index contributed by atoms with van der Waals surface area (Å²) < 4.78 is 4.46. The van der Waals surface area contributed by atoms with Gasteiger partial charge in [-0.2, -0.15) is 0 Å². The van der Waals surface area contributed by atoms with Crippen molar-refractivity contribution in [3.05, 3.63) is 35.9 Å². The average Bonchev–Trinajstić information content (AvgIpc) is 2.14. The van der Waals surface area contributed by atoms with Crippen LogP contribution in [0.15, 0.2) is 35.2 Å². The molecule has 0 aliphatic carbocycles. The van der Waals surface area contributed by atoms with Crippen LogP contribution in [0.1, 0.15) is 5.56 Å². The molecular weight excluding hydrogens is 184 g/mol. The maximum Gasteiger partial charge on any atom is 0.330 e. The SMILES string of the molecule is COC(=O)C=Cc1cccc(S)c1. The molecule has 0 heterocycles. The number of hydrogen-bond donors (Lipinski definition) is 1. The second-order valence-electron chi connectivity index (χ2n) is 2.45. The van der Waals surface area contributed by atoms with E-state index in [0.717, 1.165) is 10.5 Å². The Morgan fingerprint density at radius 2 is 2.31 bits per heavy atom. The summed E-state index contributed by atoms with van der Waals surface area (Å²) in [5, 5.41) is 0. The molecule has 1 aromatic carbocycles. The van der Waals surface area contributed by atoms with Crippen LogP contribution in [0.3, 0.4) is 0 Å². The maximum absolute atomic E-state index is 10.7. The van der Waals surface area contributed by atoms with E-state index in [2.05, 4.69) is 17.4 Å². The van der Waals surface area contributed by atoms with Gasteiger partial charge >= 0.3 is 5.97 Å². The predicted octanol–water partition coefficient (Wildman–Crippen LogP) is 2.16. The van der Waals surface area contributed by atoms with Gasteiger partial charge in [-0.05, 0) is 23.8 Å². The van der Waals surface area contributed by atoms with Crippen LogP contribution >= 0.6 is 12.6 Å². The minimum Gasteiger partial charge on any atom is -0.466 e. The van der Waals surface area contributed by atoms with Crippen LogP contribution in [0.4, 0.5) is 0 Å². The van der Waals surface area contributed by atoms with E-state index in [-0.39, 0.29) is 5.97 Å². The minimum atomic E-state index is -0.357. The largest absolute Gasteiger partial charge is 0.466 e. The Bertz CT molecular complexity index is 331. The topological polar surface area (TPSA) is 26.3 Å². The summed E-state index contributed by atoms with van der Waals surface area (Å²) in [6, 6.07) is 7.50. The number of esters is 1. The van der Waals surface area contributed by atoms with Crippen molar-refractivity contribution in [2.24, 2.45) is 0 Å². The molecule has 0 atom stereocenters. The van der Waals surface area contributed by atoms with Gasteiger partial charge in [0.25, 0.3) is 0 Å². The van der Waals surface area contributed by atoms with Crippen molar-refractivity contribution in [1.82, 2.24) is 0 Å². The number of carbonyl (C=O) groups excluding carboxylic acids is 1. The molecule has 2 nitrogen and oxygen atoms in total. The van der Waals surface area contributed by atoms with Gasteiger partial charge in [-0.15, -0.1) is 12.6 Å². The number of benzene rings is 1. The number of methoxy groups -OCH3 is 1. The second kappa shape index (κ2) is 4.72. The third kappa shape index (κ3) is 3.34. The fourth-order valence-corrected chi connectivity index (χ4v) is 1.10.